The van der Waals surface area contributed by atoms with Crippen molar-refractivity contribution in [1.82, 2.24) is 10.6 Å². The lowest BCUT2D eigenvalue weighted by Crippen LogP contribution is -2.51. The van der Waals surface area contributed by atoms with Crippen molar-refractivity contribution in [1.29, 1.82) is 0 Å². The fourth-order valence-corrected chi connectivity index (χ4v) is 3.39. The van der Waals surface area contributed by atoms with Crippen molar-refractivity contribution < 1.29 is 19.1 Å². The van der Waals surface area contributed by atoms with Gasteiger partial charge in [-0.1, -0.05) is 68.8 Å². The maximum absolute atomic E-state index is 12.8. The van der Waals surface area contributed by atoms with E-state index >= 15 is 0 Å². The Morgan fingerprint density at radius 1 is 1.10 bits per heavy atom. The summed E-state index contributed by atoms with van der Waals surface area (Å²) in [5, 5.41) is 5.43. The number of urea groups is 1. The van der Waals surface area contributed by atoms with Crippen LogP contribution in [0.15, 0.2) is 66.9 Å². The lowest BCUT2D eigenvalue weighted by molar-refractivity contribution is -0.148. The lowest BCUT2D eigenvalue weighted by atomic mass is 9.89. The van der Waals surface area contributed by atoms with Gasteiger partial charge in [0.2, 0.25) is 0 Å². The minimum absolute atomic E-state index is 0.333. The third kappa shape index (κ3) is 5.63. The molecule has 0 aliphatic carbocycles. The summed E-state index contributed by atoms with van der Waals surface area (Å²) in [5.41, 5.74) is 2.15. The van der Waals surface area contributed by atoms with Crippen molar-refractivity contribution in [3.63, 3.8) is 0 Å². The predicted molar refractivity (Wildman–Crippen MR) is 115 cm³/mol. The van der Waals surface area contributed by atoms with Gasteiger partial charge in [0, 0.05) is 5.70 Å². The van der Waals surface area contributed by atoms with Crippen molar-refractivity contribution in [2.75, 3.05) is 6.61 Å². The number of rotatable bonds is 9. The number of carbonyl (C=O) groups is 2. The van der Waals surface area contributed by atoms with E-state index < -0.39 is 24.0 Å². The molecule has 0 aromatic heterocycles. The first-order chi connectivity index (χ1) is 14.6. The van der Waals surface area contributed by atoms with E-state index in [4.69, 9.17) is 9.47 Å². The predicted octanol–water partition coefficient (Wildman–Crippen LogP) is 4.48. The minimum Gasteiger partial charge on any atom is -0.489 e. The zero-order chi connectivity index (χ0) is 21.3. The standard InChI is InChI=1S/C24H28N2O4/c1-3-4-8-14-29-23(27)21-17(2)25-24(28)26-22(21)19-12-9-13-20(15-19)30-16-18-10-6-5-7-11-18/h5-7,9-13,15,21-22H,2-4,8,14,16H2,1H3,(H2,25,26,28)/t21-,22+/m1/s1. The summed E-state index contributed by atoms with van der Waals surface area (Å²) in [6.45, 7) is 6.76. The van der Waals surface area contributed by atoms with Crippen LogP contribution in [0, 0.1) is 5.92 Å². The number of benzene rings is 2. The van der Waals surface area contributed by atoms with Crippen molar-refractivity contribution in [3.8, 4) is 5.75 Å². The molecule has 0 radical (unpaired) electrons. The number of ether oxygens (including phenoxy) is 2. The fourth-order valence-electron chi connectivity index (χ4n) is 3.39. The number of carbonyl (C=O) groups excluding carboxylic acids is 2. The van der Waals surface area contributed by atoms with Crippen LogP contribution in [0.5, 0.6) is 5.75 Å². The first kappa shape index (κ1) is 21.4. The highest BCUT2D eigenvalue weighted by molar-refractivity contribution is 5.85. The highest BCUT2D eigenvalue weighted by atomic mass is 16.5. The fraction of sp³-hybridized carbons (Fsp3) is 0.333. The molecular weight excluding hydrogens is 380 g/mol. The largest absolute Gasteiger partial charge is 0.489 e. The monoisotopic (exact) mass is 408 g/mol. The molecule has 6 nitrogen and oxygen atoms in total. The maximum atomic E-state index is 12.8. The van der Waals surface area contributed by atoms with Gasteiger partial charge in [0.1, 0.15) is 18.3 Å². The van der Waals surface area contributed by atoms with E-state index in [1.54, 1.807) is 0 Å². The van der Waals surface area contributed by atoms with E-state index in [-0.39, 0.29) is 0 Å². The van der Waals surface area contributed by atoms with E-state index in [1.807, 2.05) is 54.6 Å². The molecule has 2 aromatic carbocycles. The zero-order valence-electron chi connectivity index (χ0n) is 17.2. The van der Waals surface area contributed by atoms with Crippen LogP contribution in [0.2, 0.25) is 0 Å². The van der Waals surface area contributed by atoms with Crippen LogP contribution in [-0.4, -0.2) is 18.6 Å². The molecule has 30 heavy (non-hydrogen) atoms. The SMILES string of the molecule is C=C1NC(=O)N[C@@H](c2cccc(OCc3ccccc3)c2)[C@@H]1C(=O)OCCCCC. The Bertz CT molecular complexity index is 882. The normalized spacial score (nSPS) is 18.3. The third-order valence-electron chi connectivity index (χ3n) is 4.98. The van der Waals surface area contributed by atoms with Crippen LogP contribution in [0.25, 0.3) is 0 Å². The van der Waals surface area contributed by atoms with E-state index in [2.05, 4.69) is 24.1 Å². The zero-order valence-corrected chi connectivity index (χ0v) is 17.2. The molecule has 1 saturated heterocycles. The molecule has 2 N–H and O–H groups in total. The van der Waals surface area contributed by atoms with Gasteiger partial charge in [-0.25, -0.2) is 4.79 Å². The maximum Gasteiger partial charge on any atom is 0.319 e. The van der Waals surface area contributed by atoms with E-state index in [1.165, 1.54) is 0 Å². The average Bonchev–Trinajstić information content (AvgIpc) is 2.75. The van der Waals surface area contributed by atoms with Gasteiger partial charge in [0.15, 0.2) is 0 Å². The molecular formula is C24H28N2O4. The second-order valence-electron chi connectivity index (χ2n) is 7.30. The van der Waals surface area contributed by atoms with Gasteiger partial charge in [-0.05, 0) is 29.7 Å². The van der Waals surface area contributed by atoms with Crippen LogP contribution >= 0.6 is 0 Å². The number of amides is 2. The summed E-state index contributed by atoms with van der Waals surface area (Å²) in [7, 11) is 0. The Kier molecular flexibility index (Phi) is 7.49. The van der Waals surface area contributed by atoms with Crippen molar-refractivity contribution in [3.05, 3.63) is 78.0 Å². The van der Waals surface area contributed by atoms with E-state index in [9.17, 15) is 9.59 Å². The van der Waals surface area contributed by atoms with Crippen LogP contribution in [0.1, 0.15) is 43.4 Å². The molecule has 3 rings (SSSR count). The van der Waals surface area contributed by atoms with Crippen molar-refractivity contribution >= 4 is 12.0 Å². The van der Waals surface area contributed by atoms with Crippen LogP contribution in [-0.2, 0) is 16.1 Å². The summed E-state index contributed by atoms with van der Waals surface area (Å²) >= 11 is 0. The van der Waals surface area contributed by atoms with Crippen LogP contribution in [0.3, 0.4) is 0 Å². The smallest absolute Gasteiger partial charge is 0.319 e. The van der Waals surface area contributed by atoms with Gasteiger partial charge in [0.25, 0.3) is 0 Å². The Morgan fingerprint density at radius 3 is 2.67 bits per heavy atom. The number of hydrogen-bond acceptors (Lipinski definition) is 4. The molecule has 158 valence electrons. The molecule has 0 unspecified atom stereocenters. The van der Waals surface area contributed by atoms with E-state index in [0.717, 1.165) is 30.4 Å². The molecule has 2 aromatic rings. The molecule has 1 heterocycles. The van der Waals surface area contributed by atoms with Gasteiger partial charge < -0.3 is 20.1 Å². The first-order valence-corrected chi connectivity index (χ1v) is 10.3. The quantitative estimate of drug-likeness (QED) is 0.474. The highest BCUT2D eigenvalue weighted by Gasteiger charge is 2.39. The molecule has 2 amide bonds. The Labute approximate surface area is 177 Å². The minimum atomic E-state index is -0.714. The highest BCUT2D eigenvalue weighted by Crippen LogP contribution is 2.32. The average molecular weight is 408 g/mol. The molecule has 0 saturated carbocycles. The van der Waals surface area contributed by atoms with Gasteiger partial charge in [-0.3, -0.25) is 4.79 Å². The van der Waals surface area contributed by atoms with Gasteiger partial charge >= 0.3 is 12.0 Å². The summed E-state index contributed by atoms with van der Waals surface area (Å²) in [5.74, 6) is -0.456. The van der Waals surface area contributed by atoms with Crippen LogP contribution in [0.4, 0.5) is 4.79 Å². The number of hydrogen-bond donors (Lipinski definition) is 2. The summed E-state index contributed by atoms with van der Waals surface area (Å²) in [6.07, 6.45) is 2.86. The molecule has 0 bridgehead atoms. The summed E-state index contributed by atoms with van der Waals surface area (Å²) in [6, 6.07) is 16.3. The molecule has 6 heteroatoms. The molecule has 2 atom stereocenters. The summed E-state index contributed by atoms with van der Waals surface area (Å²) < 4.78 is 11.4. The second kappa shape index (κ2) is 10.5. The third-order valence-corrected chi connectivity index (χ3v) is 4.98. The van der Waals surface area contributed by atoms with E-state index in [0.29, 0.717) is 24.7 Å². The molecule has 1 aliphatic heterocycles. The lowest BCUT2D eigenvalue weighted by Gasteiger charge is -2.33. The van der Waals surface area contributed by atoms with Crippen molar-refractivity contribution in [2.24, 2.45) is 5.92 Å². The van der Waals surface area contributed by atoms with Gasteiger partial charge in [0.05, 0.1) is 12.6 Å². The number of unbranched alkanes of at least 4 members (excludes halogenated alkanes) is 2. The number of esters is 1. The second-order valence-corrected chi connectivity index (χ2v) is 7.30. The Hall–Kier alpha value is -3.28. The molecule has 1 fully saturated rings. The Balaban J connectivity index is 1.73. The number of nitrogens with one attached hydrogen (secondary N) is 2. The molecule has 1 aliphatic rings. The van der Waals surface area contributed by atoms with Crippen LogP contribution < -0.4 is 15.4 Å². The molecule has 0 spiro atoms. The topological polar surface area (TPSA) is 76.7 Å². The van der Waals surface area contributed by atoms with Gasteiger partial charge in [-0.2, -0.15) is 0 Å². The summed E-state index contributed by atoms with van der Waals surface area (Å²) in [4.78, 5) is 24.8. The van der Waals surface area contributed by atoms with Crippen molar-refractivity contribution in [2.45, 2.75) is 38.8 Å². The first-order valence-electron chi connectivity index (χ1n) is 10.3. The Morgan fingerprint density at radius 2 is 1.90 bits per heavy atom. The van der Waals surface area contributed by atoms with Gasteiger partial charge in [-0.15, -0.1) is 0 Å².